The van der Waals surface area contributed by atoms with E-state index >= 15 is 28.8 Å². The van der Waals surface area contributed by atoms with E-state index in [4.69, 9.17) is 21.1 Å². The number of alkyl halides is 3. The Morgan fingerprint density at radius 2 is 1.36 bits per heavy atom. The number of aryl methyl sites for hydroxylation is 1. The molecule has 7 fully saturated rings. The molecule has 2 unspecified atom stereocenters. The van der Waals surface area contributed by atoms with E-state index in [0.717, 1.165) is 34.8 Å². The quantitative estimate of drug-likeness (QED) is 0.203. The highest BCUT2D eigenvalue weighted by Gasteiger charge is 2.53. The number of hydrogen-bond acceptors (Lipinski definition) is 14. The molecule has 5 aliphatic heterocycles. The van der Waals surface area contributed by atoms with Gasteiger partial charge in [0.2, 0.25) is 70.9 Å². The summed E-state index contributed by atoms with van der Waals surface area (Å²) in [6.45, 7) is 10.3. The summed E-state index contributed by atoms with van der Waals surface area (Å²) in [5.74, 6) is -9.25. The molecule has 2 bridgehead atoms. The molecule has 2 aliphatic carbocycles. The molecule has 1 aromatic carbocycles. The lowest BCUT2D eigenvalue weighted by molar-refractivity contribution is -0.159. The first-order valence-corrected chi connectivity index (χ1v) is 36.6. The third-order valence-electron chi connectivity index (χ3n) is 22.0. The third kappa shape index (κ3) is 18.3. The minimum absolute atomic E-state index is 0.0189. The van der Waals surface area contributed by atoms with Crippen LogP contribution < -0.4 is 21.3 Å². The van der Waals surface area contributed by atoms with Crippen molar-refractivity contribution in [3.8, 4) is 0 Å². The van der Waals surface area contributed by atoms with E-state index in [0.29, 0.717) is 57.8 Å². The molecular formula is C71H106ClF3N12O14. The summed E-state index contributed by atoms with van der Waals surface area (Å²) in [5.41, 5.74) is -2.39. The second-order valence-corrected chi connectivity index (χ2v) is 29.9. The van der Waals surface area contributed by atoms with Crippen LogP contribution in [0.15, 0.2) is 18.2 Å². The fourth-order valence-corrected chi connectivity index (χ4v) is 16.1. The van der Waals surface area contributed by atoms with Gasteiger partial charge in [-0.1, -0.05) is 84.4 Å². The first-order chi connectivity index (χ1) is 47.7. The largest absolute Gasteiger partial charge is 0.417 e. The van der Waals surface area contributed by atoms with E-state index in [1.165, 1.54) is 72.7 Å². The van der Waals surface area contributed by atoms with Crippen molar-refractivity contribution in [1.29, 1.82) is 0 Å². The van der Waals surface area contributed by atoms with Crippen molar-refractivity contribution in [3.05, 3.63) is 34.3 Å². The van der Waals surface area contributed by atoms with Gasteiger partial charge in [-0.25, -0.2) is 0 Å². The number of fused-ring (bicyclic) bond motifs is 4. The lowest BCUT2D eigenvalue weighted by Gasteiger charge is -2.44. The average Bonchev–Trinajstić information content (AvgIpc) is 1.77. The number of carbonyl (C=O) groups is 12. The molecule has 2 saturated carbocycles. The van der Waals surface area contributed by atoms with E-state index in [1.807, 2.05) is 27.7 Å². The van der Waals surface area contributed by atoms with E-state index < -0.39 is 172 Å². The molecule has 7 aliphatic rings. The number of nitrogens with zero attached hydrogens (tertiary/aromatic N) is 8. The molecule has 0 aromatic heterocycles. The Morgan fingerprint density at radius 1 is 0.703 bits per heavy atom. The van der Waals surface area contributed by atoms with Crippen LogP contribution in [-0.4, -0.2) is 263 Å². The number of hydrogen-bond donors (Lipinski definition) is 4. The lowest BCUT2D eigenvalue weighted by Crippen LogP contribution is -2.65. The fourth-order valence-electron chi connectivity index (χ4n) is 15.7. The average molecular weight is 1440 g/mol. The van der Waals surface area contributed by atoms with Crippen LogP contribution in [0, 0.1) is 17.8 Å². The zero-order valence-corrected chi connectivity index (χ0v) is 61.3. The van der Waals surface area contributed by atoms with Gasteiger partial charge in [0, 0.05) is 54.9 Å². The molecule has 26 nitrogen and oxygen atoms in total. The molecular weight excluding hydrogens is 1340 g/mol. The topological polar surface area (TPSA) is 297 Å². The number of halogens is 4. The van der Waals surface area contributed by atoms with Crippen LogP contribution in [0.5, 0.6) is 0 Å². The maximum absolute atomic E-state index is 15.8. The Kier molecular flexibility index (Phi) is 27.1. The Morgan fingerprint density at radius 3 is 1.95 bits per heavy atom. The van der Waals surface area contributed by atoms with Crippen molar-refractivity contribution in [3.63, 3.8) is 0 Å². The fraction of sp³-hybridized carbons (Fsp3) is 0.746. The summed E-state index contributed by atoms with van der Waals surface area (Å²) in [5, 5.41) is 10.8. The Balaban J connectivity index is 1.17. The number of carbonyl (C=O) groups excluding carboxylic acids is 12. The Hall–Kier alpha value is -7.14. The maximum atomic E-state index is 15.8. The van der Waals surface area contributed by atoms with E-state index in [9.17, 15) is 41.9 Å². The Labute approximate surface area is 595 Å². The van der Waals surface area contributed by atoms with Crippen LogP contribution >= 0.6 is 11.6 Å². The van der Waals surface area contributed by atoms with E-state index in [-0.39, 0.29) is 108 Å². The maximum Gasteiger partial charge on any atom is 0.417 e. The van der Waals surface area contributed by atoms with Crippen LogP contribution in [0.2, 0.25) is 5.02 Å². The summed E-state index contributed by atoms with van der Waals surface area (Å²) >= 11 is 6.15. The number of morpholine rings is 1. The van der Waals surface area contributed by atoms with Crippen LogP contribution in [0.25, 0.3) is 0 Å². The summed E-state index contributed by atoms with van der Waals surface area (Å²) in [6, 6.07) is -9.04. The lowest BCUT2D eigenvalue weighted by atomic mass is 9.90. The SMILES string of the molecule is CCCOC[C@H]1C(=O)N(C)CC(=O)N[C@@H](CCc2ccc(C(F)(F)F)c(Cl)c2)C(=O)N2CCC[C@H]2C(=O)NC2(CCCC2)C(=O)N(C)[C@@H](C2CCCC2)C(=O)N(C)[C@H](C(=O)N2C3CCC2COC3)CC(=O)N(C)[C@@H](CC(C)C)C(=O)N[C@@H]([C@@H](C)CC)C(=O)N[C@@H](C)C(=O)N2CC[C@H]2C(=O)N1C. The van der Waals surface area contributed by atoms with Gasteiger partial charge in [0.15, 0.2) is 0 Å². The van der Waals surface area contributed by atoms with Gasteiger partial charge in [-0.3, -0.25) is 57.5 Å². The smallest absolute Gasteiger partial charge is 0.379 e. The molecule has 101 heavy (non-hydrogen) atoms. The van der Waals surface area contributed by atoms with Crippen molar-refractivity contribution in [2.24, 2.45) is 17.8 Å². The number of likely N-dealkylation sites (N-methyl/N-ethyl adjacent to an activating group) is 5. The number of nitrogens with one attached hydrogen (secondary N) is 4. The highest BCUT2D eigenvalue weighted by atomic mass is 35.5. The van der Waals surface area contributed by atoms with Gasteiger partial charge in [-0.2, -0.15) is 13.2 Å². The van der Waals surface area contributed by atoms with Gasteiger partial charge in [0.25, 0.3) is 0 Å². The first kappa shape index (κ1) is 79.6. The van der Waals surface area contributed by atoms with Crippen molar-refractivity contribution >= 4 is 82.5 Å². The minimum atomic E-state index is -4.77. The van der Waals surface area contributed by atoms with Crippen molar-refractivity contribution < 1.29 is 80.2 Å². The summed E-state index contributed by atoms with van der Waals surface area (Å²) in [7, 11) is 7.05. The van der Waals surface area contributed by atoms with E-state index in [1.54, 1.807) is 11.8 Å². The number of benzene rings is 1. The number of amides is 12. The molecule has 5 saturated heterocycles. The third-order valence-corrected chi connectivity index (χ3v) is 22.3. The van der Waals surface area contributed by atoms with Crippen molar-refractivity contribution in [1.82, 2.24) is 60.5 Å². The van der Waals surface area contributed by atoms with Gasteiger partial charge in [-0.15, -0.1) is 0 Å². The predicted octanol–water partition coefficient (Wildman–Crippen LogP) is 4.06. The zero-order valence-electron chi connectivity index (χ0n) is 60.5. The van der Waals surface area contributed by atoms with Gasteiger partial charge in [0.05, 0.1) is 55.5 Å². The molecule has 1 aromatic rings. The van der Waals surface area contributed by atoms with E-state index in [2.05, 4.69) is 21.3 Å². The monoisotopic (exact) mass is 1440 g/mol. The molecule has 4 N–H and O–H groups in total. The second-order valence-electron chi connectivity index (χ2n) is 29.5. The van der Waals surface area contributed by atoms with Gasteiger partial charge >= 0.3 is 6.18 Å². The van der Waals surface area contributed by atoms with Gasteiger partial charge in [-0.05, 0) is 126 Å². The van der Waals surface area contributed by atoms with Gasteiger partial charge in [0.1, 0.15) is 59.9 Å². The van der Waals surface area contributed by atoms with Crippen LogP contribution in [0.1, 0.15) is 168 Å². The molecule has 12 atom stereocenters. The van der Waals surface area contributed by atoms with Crippen molar-refractivity contribution in [2.75, 3.05) is 81.3 Å². The van der Waals surface area contributed by atoms with Crippen LogP contribution in [-0.2, 0) is 79.6 Å². The van der Waals surface area contributed by atoms with Gasteiger partial charge < -0.3 is 69.9 Å². The standard InChI is InChI=1S/C71H106ClF3N12O14/c1-12-33-100-40-55-65(95)80(7)37-56(88)77-50(27-23-44-22-26-48(49(72)35-44)71(73,74)75)64(94)85-31-18-21-51(85)61(91)79-70(29-16-17-30-70)69(99)84(11)59(45-19-14-15-20-45)68(98)82(9)54(67(97)87-46-24-25-47(87)39-101-38-46)36-57(89)81(8)53(34-41(3)4)60(90)78-58(42(5)13-2)62(92)76-43(6)63(93)86-32-28-52(86)66(96)83(55)10/h22,26,35,41-43,45-47,50-55,58-59H,12-21,23-25,27-34,36-40H2,1-11H3,(H,76,92)(H,77,88)(H,78,90)(H,79,91)/t42-,43-,46?,47?,50-,51-,52-,53-,54-,55-,58-,59-/m0/s1. The Bertz CT molecular complexity index is 3210. The van der Waals surface area contributed by atoms with Crippen LogP contribution in [0.4, 0.5) is 13.2 Å². The highest BCUT2D eigenvalue weighted by molar-refractivity contribution is 6.31. The number of ether oxygens (including phenoxy) is 2. The van der Waals surface area contributed by atoms with Crippen molar-refractivity contribution in [2.45, 2.75) is 242 Å². The number of rotatable bonds is 13. The van der Waals surface area contributed by atoms with Crippen LogP contribution in [0.3, 0.4) is 0 Å². The molecule has 562 valence electrons. The molecule has 1 spiro atoms. The molecule has 5 heterocycles. The summed E-state index contributed by atoms with van der Waals surface area (Å²) in [4.78, 5) is 190. The molecule has 12 amide bonds. The zero-order chi connectivity index (χ0) is 74.1. The summed E-state index contributed by atoms with van der Waals surface area (Å²) in [6.07, 6.45) is 1.07. The second kappa shape index (κ2) is 34.4. The normalized spacial score (nSPS) is 29.3. The first-order valence-electron chi connectivity index (χ1n) is 36.2. The molecule has 30 heteroatoms. The predicted molar refractivity (Wildman–Crippen MR) is 365 cm³/mol. The molecule has 8 rings (SSSR count). The molecule has 0 radical (unpaired) electrons. The highest BCUT2D eigenvalue weighted by Crippen LogP contribution is 2.39. The summed E-state index contributed by atoms with van der Waals surface area (Å²) < 4.78 is 53.3. The minimum Gasteiger partial charge on any atom is -0.379 e.